The molecule has 0 atom stereocenters. The highest BCUT2D eigenvalue weighted by molar-refractivity contribution is 7.13. The number of likely N-dealkylation sites (N-methyl/N-ethyl adjacent to an activating group) is 1. The summed E-state index contributed by atoms with van der Waals surface area (Å²) in [6, 6.07) is 13.4. The molecule has 0 radical (unpaired) electrons. The smallest absolute Gasteiger partial charge is 0.278 e. The Morgan fingerprint density at radius 3 is 2.50 bits per heavy atom. The molecule has 4 rings (SSSR count). The van der Waals surface area contributed by atoms with E-state index >= 15 is 0 Å². The number of H-pyrrole nitrogens is 1. The molecule has 0 aliphatic rings. The number of aromatic amines is 1. The van der Waals surface area contributed by atoms with Crippen molar-refractivity contribution >= 4 is 22.4 Å². The van der Waals surface area contributed by atoms with Gasteiger partial charge in [-0.3, -0.25) is 10.1 Å². The highest BCUT2D eigenvalue weighted by atomic mass is 32.1. The molecule has 9 heteroatoms. The zero-order chi connectivity index (χ0) is 22.5. The molecule has 0 unspecified atom stereocenters. The first kappa shape index (κ1) is 21.7. The maximum Gasteiger partial charge on any atom is 0.278 e. The van der Waals surface area contributed by atoms with Crippen molar-refractivity contribution < 1.29 is 13.9 Å². The molecule has 0 bridgehead atoms. The van der Waals surface area contributed by atoms with Gasteiger partial charge in [0.25, 0.3) is 5.91 Å². The summed E-state index contributed by atoms with van der Waals surface area (Å²) in [6.45, 7) is 1.40. The van der Waals surface area contributed by atoms with E-state index < -0.39 is 5.91 Å². The van der Waals surface area contributed by atoms with Crippen molar-refractivity contribution in [3.8, 4) is 28.4 Å². The average molecular weight is 452 g/mol. The highest BCUT2D eigenvalue weighted by Gasteiger charge is 2.20. The van der Waals surface area contributed by atoms with Crippen LogP contribution in [0.5, 0.6) is 5.75 Å². The summed E-state index contributed by atoms with van der Waals surface area (Å²) < 4.78 is 19.2. The van der Waals surface area contributed by atoms with Gasteiger partial charge in [-0.25, -0.2) is 14.4 Å². The minimum atomic E-state index is -0.398. The summed E-state index contributed by atoms with van der Waals surface area (Å²) in [4.78, 5) is 26.8. The van der Waals surface area contributed by atoms with Crippen LogP contribution in [0.2, 0.25) is 0 Å². The maximum absolute atomic E-state index is 13.4. The Hall–Kier alpha value is -3.56. The molecule has 7 nitrogen and oxygen atoms in total. The van der Waals surface area contributed by atoms with E-state index in [0.29, 0.717) is 28.8 Å². The molecule has 0 spiro atoms. The van der Waals surface area contributed by atoms with Gasteiger partial charge in [0, 0.05) is 29.2 Å². The van der Waals surface area contributed by atoms with E-state index in [0.717, 1.165) is 17.9 Å². The molecule has 2 aromatic heterocycles. The fourth-order valence-corrected chi connectivity index (χ4v) is 3.52. The normalized spacial score (nSPS) is 11.0. The van der Waals surface area contributed by atoms with Crippen molar-refractivity contribution in [2.45, 2.75) is 0 Å². The number of anilines is 1. The molecule has 32 heavy (non-hydrogen) atoms. The van der Waals surface area contributed by atoms with Gasteiger partial charge in [-0.2, -0.15) is 0 Å². The predicted molar refractivity (Wildman–Crippen MR) is 124 cm³/mol. The first-order valence-corrected chi connectivity index (χ1v) is 10.8. The molecule has 2 N–H and O–H groups in total. The number of nitrogens with one attached hydrogen (secondary N) is 2. The van der Waals surface area contributed by atoms with Crippen LogP contribution in [-0.4, -0.2) is 53.0 Å². The van der Waals surface area contributed by atoms with E-state index in [-0.39, 0.29) is 11.5 Å². The van der Waals surface area contributed by atoms with E-state index in [2.05, 4.69) is 20.3 Å². The van der Waals surface area contributed by atoms with E-state index in [1.807, 2.05) is 43.3 Å². The molecular weight excluding hydrogens is 429 g/mol. The van der Waals surface area contributed by atoms with Crippen LogP contribution < -0.4 is 10.1 Å². The number of thiazole rings is 1. The van der Waals surface area contributed by atoms with E-state index in [1.54, 1.807) is 23.7 Å². The second-order valence-electron chi connectivity index (χ2n) is 7.28. The first-order chi connectivity index (χ1) is 15.5. The lowest BCUT2D eigenvalue weighted by molar-refractivity contribution is 0.102. The number of rotatable bonds is 8. The molecule has 164 valence electrons. The summed E-state index contributed by atoms with van der Waals surface area (Å²) in [7, 11) is 3.98. The van der Waals surface area contributed by atoms with Crippen LogP contribution in [0.4, 0.5) is 9.52 Å². The lowest BCUT2D eigenvalue weighted by atomic mass is 10.1. The molecule has 0 fully saturated rings. The number of amides is 1. The van der Waals surface area contributed by atoms with E-state index in [1.165, 1.54) is 23.5 Å². The van der Waals surface area contributed by atoms with Crippen LogP contribution in [0.15, 0.2) is 60.1 Å². The highest BCUT2D eigenvalue weighted by Crippen LogP contribution is 2.28. The topological polar surface area (TPSA) is 83.1 Å². The summed E-state index contributed by atoms with van der Waals surface area (Å²) in [6.07, 6.45) is 1.61. The van der Waals surface area contributed by atoms with Crippen LogP contribution in [0, 0.1) is 5.82 Å². The summed E-state index contributed by atoms with van der Waals surface area (Å²) in [5.74, 6) is 0.522. The molecule has 4 aromatic rings. The number of nitrogens with zero attached hydrogens (tertiary/aromatic N) is 3. The van der Waals surface area contributed by atoms with Crippen molar-refractivity contribution in [2.24, 2.45) is 0 Å². The molecule has 0 aliphatic heterocycles. The van der Waals surface area contributed by atoms with Gasteiger partial charge in [0.15, 0.2) is 10.8 Å². The van der Waals surface area contributed by atoms with Gasteiger partial charge in [0.2, 0.25) is 0 Å². The van der Waals surface area contributed by atoms with Gasteiger partial charge < -0.3 is 14.6 Å². The fraction of sp³-hybridized carbons (Fsp3) is 0.174. The number of ether oxygens (including phenoxy) is 1. The second kappa shape index (κ2) is 9.71. The van der Waals surface area contributed by atoms with Crippen LogP contribution in [0.1, 0.15) is 10.5 Å². The largest absolute Gasteiger partial charge is 0.492 e. The zero-order valence-electron chi connectivity index (χ0n) is 17.6. The zero-order valence-corrected chi connectivity index (χ0v) is 18.4. The standard InChI is InChI=1S/C23H22FN5O2S/c1-29(2)12-13-31-18-9-5-16(6-10-18)21-26-19(15-3-7-17(24)8-4-15)20(27-21)22(30)28-23-25-11-14-32-23/h3-11,14H,12-13H2,1-2H3,(H,26,27)(H,25,28,30). The second-order valence-corrected chi connectivity index (χ2v) is 8.18. The predicted octanol–water partition coefficient (Wildman–Crippen LogP) is 4.53. The molecule has 2 heterocycles. The van der Waals surface area contributed by atoms with Crippen molar-refractivity contribution in [1.82, 2.24) is 19.9 Å². The van der Waals surface area contributed by atoms with Crippen LogP contribution in [0.25, 0.3) is 22.6 Å². The van der Waals surface area contributed by atoms with E-state index in [9.17, 15) is 9.18 Å². The molecule has 0 saturated carbocycles. The Labute approximate surface area is 188 Å². The third kappa shape index (κ3) is 5.19. The van der Waals surface area contributed by atoms with Crippen molar-refractivity contribution in [2.75, 3.05) is 32.6 Å². The third-order valence-corrected chi connectivity index (χ3v) is 5.33. The van der Waals surface area contributed by atoms with Crippen molar-refractivity contribution in [3.05, 3.63) is 71.6 Å². The minimum Gasteiger partial charge on any atom is -0.492 e. The van der Waals surface area contributed by atoms with Gasteiger partial charge in [0.05, 0.1) is 5.69 Å². The number of hydrogen-bond donors (Lipinski definition) is 2. The monoisotopic (exact) mass is 451 g/mol. The molecule has 2 aromatic carbocycles. The summed E-state index contributed by atoms with van der Waals surface area (Å²) >= 11 is 1.31. The number of carbonyl (C=O) groups is 1. The fourth-order valence-electron chi connectivity index (χ4n) is 3.00. The quantitative estimate of drug-likeness (QED) is 0.411. The summed E-state index contributed by atoms with van der Waals surface area (Å²) in [5, 5.41) is 5.00. The van der Waals surface area contributed by atoms with Gasteiger partial charge in [-0.15, -0.1) is 11.3 Å². The van der Waals surface area contributed by atoms with Crippen LogP contribution in [-0.2, 0) is 0 Å². The molecule has 0 saturated heterocycles. The lowest BCUT2D eigenvalue weighted by Crippen LogP contribution is -2.19. The third-order valence-electron chi connectivity index (χ3n) is 4.64. The Morgan fingerprint density at radius 2 is 1.84 bits per heavy atom. The SMILES string of the molecule is CN(C)CCOc1ccc(-c2nc(C(=O)Nc3nccs3)c(-c3ccc(F)cc3)[nH]2)cc1. The number of aromatic nitrogens is 3. The molecule has 0 aliphatic carbocycles. The lowest BCUT2D eigenvalue weighted by Gasteiger charge is -2.11. The number of benzene rings is 2. The van der Waals surface area contributed by atoms with Crippen molar-refractivity contribution in [1.29, 1.82) is 0 Å². The first-order valence-electron chi connectivity index (χ1n) is 9.94. The molecule has 1 amide bonds. The van der Waals surface area contributed by atoms with Crippen LogP contribution >= 0.6 is 11.3 Å². The Balaban J connectivity index is 1.62. The van der Waals surface area contributed by atoms with Gasteiger partial charge in [0.1, 0.15) is 24.0 Å². The number of carbonyl (C=O) groups excluding carboxylic acids is 1. The van der Waals surface area contributed by atoms with Gasteiger partial charge in [-0.05, 0) is 62.6 Å². The van der Waals surface area contributed by atoms with Gasteiger partial charge in [-0.1, -0.05) is 0 Å². The number of imidazole rings is 1. The van der Waals surface area contributed by atoms with Crippen LogP contribution in [0.3, 0.4) is 0 Å². The molecular formula is C23H22FN5O2S. The Kier molecular flexibility index (Phi) is 6.58. The Bertz CT molecular complexity index is 1170. The maximum atomic E-state index is 13.4. The average Bonchev–Trinajstić information content (AvgIpc) is 3.45. The minimum absolute atomic E-state index is 0.202. The summed E-state index contributed by atoms with van der Waals surface area (Å²) in [5.41, 5.74) is 2.15. The van der Waals surface area contributed by atoms with Crippen molar-refractivity contribution in [3.63, 3.8) is 0 Å². The Morgan fingerprint density at radius 1 is 1.12 bits per heavy atom. The number of halogens is 1. The van der Waals surface area contributed by atoms with E-state index in [4.69, 9.17) is 4.74 Å². The van der Waals surface area contributed by atoms with Gasteiger partial charge >= 0.3 is 0 Å². The number of hydrogen-bond acceptors (Lipinski definition) is 6.